The molecule has 1 saturated carbocycles. The summed E-state index contributed by atoms with van der Waals surface area (Å²) in [6, 6.07) is 0. The van der Waals surface area contributed by atoms with Crippen LogP contribution in [0.15, 0.2) is 4.52 Å². The van der Waals surface area contributed by atoms with Crippen molar-refractivity contribution in [1.82, 2.24) is 15.0 Å². The molecule has 5 nitrogen and oxygen atoms in total. The minimum atomic E-state index is -0.105. The summed E-state index contributed by atoms with van der Waals surface area (Å²) in [6.45, 7) is 8.80. The maximum atomic E-state index is 13.0. The van der Waals surface area contributed by atoms with Crippen LogP contribution in [0.5, 0.6) is 0 Å². The Hall–Kier alpha value is -1.36. The van der Waals surface area contributed by atoms with Gasteiger partial charge in [-0.2, -0.15) is 0 Å². The van der Waals surface area contributed by atoms with Gasteiger partial charge < -0.3 is 14.3 Å². The second-order valence-corrected chi connectivity index (χ2v) is 8.59. The molecule has 4 rings (SSSR count). The van der Waals surface area contributed by atoms with Crippen molar-refractivity contribution in [2.24, 2.45) is 11.3 Å². The summed E-state index contributed by atoms with van der Waals surface area (Å²) in [5, 5.41) is 4.01. The molecule has 0 aromatic carbocycles. The molecular formula is C20H31N3O2. The number of likely N-dealkylation sites (tertiary alicyclic amines) is 2. The molecule has 0 bridgehead atoms. The van der Waals surface area contributed by atoms with E-state index in [4.69, 9.17) is 4.52 Å². The largest absolute Gasteiger partial charge is 0.361 e. The standard InChI is InChI=1S/C20H31N3O2/c1-15-18(16(2)25-21-15)12-23-14-20(19(23)24)9-6-10-22(13-20)11-17-7-4-3-5-8-17/h17H,3-14H2,1-2H3/t20-/m1/s1. The Kier molecular flexibility index (Phi) is 4.61. The van der Waals surface area contributed by atoms with Crippen molar-refractivity contribution in [1.29, 1.82) is 0 Å². The average Bonchev–Trinajstić information content (AvgIpc) is 2.94. The topological polar surface area (TPSA) is 49.6 Å². The Bertz CT molecular complexity index is 615. The van der Waals surface area contributed by atoms with E-state index >= 15 is 0 Å². The number of hydrogen-bond donors (Lipinski definition) is 0. The fourth-order valence-corrected chi connectivity index (χ4v) is 5.22. The first kappa shape index (κ1) is 17.1. The highest BCUT2D eigenvalue weighted by atomic mass is 16.5. The van der Waals surface area contributed by atoms with E-state index < -0.39 is 0 Å². The van der Waals surface area contributed by atoms with Crippen molar-refractivity contribution < 1.29 is 9.32 Å². The zero-order valence-electron chi connectivity index (χ0n) is 15.7. The van der Waals surface area contributed by atoms with Gasteiger partial charge in [-0.1, -0.05) is 24.4 Å². The SMILES string of the molecule is Cc1noc(C)c1CN1C[C@]2(CCCN(CC3CCCCC3)C2)C1=O. The van der Waals surface area contributed by atoms with Gasteiger partial charge in [-0.05, 0) is 52.0 Å². The van der Waals surface area contributed by atoms with Crippen LogP contribution in [0.2, 0.25) is 0 Å². The van der Waals surface area contributed by atoms with Crippen molar-refractivity contribution in [2.75, 3.05) is 26.2 Å². The Labute approximate surface area is 150 Å². The lowest BCUT2D eigenvalue weighted by Gasteiger charge is -2.53. The van der Waals surface area contributed by atoms with E-state index in [2.05, 4.69) is 10.1 Å². The van der Waals surface area contributed by atoms with Gasteiger partial charge in [0.25, 0.3) is 0 Å². The average molecular weight is 345 g/mol. The van der Waals surface area contributed by atoms with Gasteiger partial charge in [-0.25, -0.2) is 0 Å². The van der Waals surface area contributed by atoms with Crippen LogP contribution in [0.4, 0.5) is 0 Å². The van der Waals surface area contributed by atoms with Gasteiger partial charge in [0.1, 0.15) is 5.76 Å². The summed E-state index contributed by atoms with van der Waals surface area (Å²) < 4.78 is 5.24. The number of aryl methyl sites for hydroxylation is 2. The summed E-state index contributed by atoms with van der Waals surface area (Å²) in [4.78, 5) is 17.6. The number of carbonyl (C=O) groups is 1. The van der Waals surface area contributed by atoms with Crippen molar-refractivity contribution in [3.8, 4) is 0 Å². The highest BCUT2D eigenvalue weighted by Crippen LogP contribution is 2.42. The summed E-state index contributed by atoms with van der Waals surface area (Å²) >= 11 is 0. The van der Waals surface area contributed by atoms with Gasteiger partial charge in [0.05, 0.1) is 17.7 Å². The monoisotopic (exact) mass is 345 g/mol. The summed E-state index contributed by atoms with van der Waals surface area (Å²) in [5.74, 6) is 2.05. The first-order valence-electron chi connectivity index (χ1n) is 10.0. The number of aromatic nitrogens is 1. The molecule has 2 aliphatic heterocycles. The Balaban J connectivity index is 1.35. The van der Waals surface area contributed by atoms with E-state index in [0.29, 0.717) is 12.5 Å². The highest BCUT2D eigenvalue weighted by molar-refractivity contribution is 5.89. The molecule has 138 valence electrons. The molecule has 5 heteroatoms. The first-order valence-corrected chi connectivity index (χ1v) is 10.0. The van der Waals surface area contributed by atoms with E-state index in [0.717, 1.165) is 48.9 Å². The molecule has 1 aromatic rings. The number of carbonyl (C=O) groups excluding carboxylic acids is 1. The zero-order valence-corrected chi connectivity index (χ0v) is 15.7. The van der Waals surface area contributed by atoms with E-state index in [9.17, 15) is 4.79 Å². The van der Waals surface area contributed by atoms with Crippen molar-refractivity contribution >= 4 is 5.91 Å². The quantitative estimate of drug-likeness (QED) is 0.786. The second kappa shape index (κ2) is 6.75. The normalized spacial score (nSPS) is 28.6. The molecule has 1 aliphatic carbocycles. The smallest absolute Gasteiger partial charge is 0.232 e. The maximum absolute atomic E-state index is 13.0. The number of nitrogens with zero attached hydrogens (tertiary/aromatic N) is 3. The zero-order chi connectivity index (χ0) is 17.4. The summed E-state index contributed by atoms with van der Waals surface area (Å²) in [5.41, 5.74) is 1.89. The molecule has 3 aliphatic rings. The van der Waals surface area contributed by atoms with Crippen LogP contribution in [0.25, 0.3) is 0 Å². The minimum absolute atomic E-state index is 0.105. The number of rotatable bonds is 4. The lowest BCUT2D eigenvalue weighted by molar-refractivity contribution is -0.167. The van der Waals surface area contributed by atoms with Crippen molar-refractivity contribution in [2.45, 2.75) is 65.3 Å². The van der Waals surface area contributed by atoms with Gasteiger partial charge in [-0.15, -0.1) is 0 Å². The van der Waals surface area contributed by atoms with Crippen LogP contribution in [-0.2, 0) is 11.3 Å². The van der Waals surface area contributed by atoms with Crippen LogP contribution in [0.1, 0.15) is 62.0 Å². The predicted molar refractivity (Wildman–Crippen MR) is 96.1 cm³/mol. The van der Waals surface area contributed by atoms with Crippen LogP contribution in [0.3, 0.4) is 0 Å². The third-order valence-corrected chi connectivity index (χ3v) is 6.66. The van der Waals surface area contributed by atoms with Crippen LogP contribution in [0, 0.1) is 25.2 Å². The lowest BCUT2D eigenvalue weighted by atomic mass is 9.72. The number of piperidine rings is 1. The molecule has 2 saturated heterocycles. The van der Waals surface area contributed by atoms with Gasteiger partial charge in [0, 0.05) is 25.2 Å². The third kappa shape index (κ3) is 3.23. The Morgan fingerprint density at radius 1 is 1.16 bits per heavy atom. The van der Waals surface area contributed by atoms with E-state index in [1.807, 2.05) is 18.7 Å². The Morgan fingerprint density at radius 3 is 2.64 bits per heavy atom. The number of hydrogen-bond acceptors (Lipinski definition) is 4. The summed E-state index contributed by atoms with van der Waals surface area (Å²) in [7, 11) is 0. The van der Waals surface area contributed by atoms with Crippen LogP contribution >= 0.6 is 0 Å². The third-order valence-electron chi connectivity index (χ3n) is 6.66. The Morgan fingerprint density at radius 2 is 1.96 bits per heavy atom. The molecule has 1 spiro atoms. The molecule has 25 heavy (non-hydrogen) atoms. The van der Waals surface area contributed by atoms with Gasteiger partial charge in [-0.3, -0.25) is 4.79 Å². The van der Waals surface area contributed by atoms with E-state index in [1.165, 1.54) is 45.2 Å². The van der Waals surface area contributed by atoms with Crippen molar-refractivity contribution in [3.63, 3.8) is 0 Å². The molecule has 3 fully saturated rings. The van der Waals surface area contributed by atoms with Crippen LogP contribution in [-0.4, -0.2) is 47.0 Å². The highest BCUT2D eigenvalue weighted by Gasteiger charge is 2.53. The fraction of sp³-hybridized carbons (Fsp3) is 0.800. The molecule has 0 unspecified atom stereocenters. The number of amides is 1. The molecule has 1 amide bonds. The molecule has 1 atom stereocenters. The van der Waals surface area contributed by atoms with Crippen LogP contribution < -0.4 is 0 Å². The fourth-order valence-electron chi connectivity index (χ4n) is 5.22. The summed E-state index contributed by atoms with van der Waals surface area (Å²) in [6.07, 6.45) is 9.20. The van der Waals surface area contributed by atoms with Gasteiger partial charge in [0.2, 0.25) is 5.91 Å². The lowest BCUT2D eigenvalue weighted by Crippen LogP contribution is -2.66. The number of β-lactam (4-membered cyclic amide) rings is 1. The second-order valence-electron chi connectivity index (χ2n) is 8.59. The molecular weight excluding hydrogens is 314 g/mol. The molecule has 1 aromatic heterocycles. The first-order chi connectivity index (χ1) is 12.1. The maximum Gasteiger partial charge on any atom is 0.232 e. The molecule has 0 radical (unpaired) electrons. The van der Waals surface area contributed by atoms with E-state index in [1.54, 1.807) is 0 Å². The molecule has 0 N–H and O–H groups in total. The van der Waals surface area contributed by atoms with Gasteiger partial charge in [0.15, 0.2) is 0 Å². The molecule has 3 heterocycles. The van der Waals surface area contributed by atoms with Gasteiger partial charge >= 0.3 is 0 Å². The minimum Gasteiger partial charge on any atom is -0.361 e. The van der Waals surface area contributed by atoms with Crippen molar-refractivity contribution in [3.05, 3.63) is 17.0 Å². The van der Waals surface area contributed by atoms with E-state index in [-0.39, 0.29) is 5.41 Å². The predicted octanol–water partition coefficient (Wildman–Crippen LogP) is 3.30.